The van der Waals surface area contributed by atoms with E-state index >= 15 is 0 Å². The molecule has 1 aliphatic heterocycles. The summed E-state index contributed by atoms with van der Waals surface area (Å²) in [6.45, 7) is 5.50. The fourth-order valence-electron chi connectivity index (χ4n) is 3.35. The smallest absolute Gasteiger partial charge is 0.264 e. The number of ether oxygens (including phenoxy) is 1. The Morgan fingerprint density at radius 2 is 1.64 bits per heavy atom. The highest BCUT2D eigenvalue weighted by atomic mass is 32.2. The van der Waals surface area contributed by atoms with E-state index in [0.717, 1.165) is 16.9 Å². The van der Waals surface area contributed by atoms with E-state index < -0.39 is 21.5 Å². The van der Waals surface area contributed by atoms with Crippen molar-refractivity contribution in [3.63, 3.8) is 0 Å². The molecule has 148 valence electrons. The van der Waals surface area contributed by atoms with Crippen LogP contribution in [0.5, 0.6) is 5.75 Å². The van der Waals surface area contributed by atoms with Crippen molar-refractivity contribution in [2.75, 3.05) is 7.11 Å². The molecule has 2 aromatic rings. The highest BCUT2D eigenvalue weighted by molar-refractivity contribution is 7.89. The number of rotatable bonds is 5. The van der Waals surface area contributed by atoms with Gasteiger partial charge in [-0.05, 0) is 49.2 Å². The predicted octanol–water partition coefficient (Wildman–Crippen LogP) is 3.73. The van der Waals surface area contributed by atoms with E-state index in [2.05, 4.69) is 0 Å². The van der Waals surface area contributed by atoms with Gasteiger partial charge in [-0.3, -0.25) is 9.10 Å². The summed E-state index contributed by atoms with van der Waals surface area (Å²) in [7, 11) is -2.19. The van der Waals surface area contributed by atoms with Crippen molar-refractivity contribution in [1.82, 2.24) is 4.31 Å². The molecule has 0 N–H and O–H groups in total. The summed E-state index contributed by atoms with van der Waals surface area (Å²) in [5, 5.41) is 0. The van der Waals surface area contributed by atoms with E-state index in [1.807, 2.05) is 31.2 Å². The van der Waals surface area contributed by atoms with E-state index in [9.17, 15) is 13.2 Å². The van der Waals surface area contributed by atoms with Gasteiger partial charge in [-0.25, -0.2) is 8.42 Å². The van der Waals surface area contributed by atoms with Crippen LogP contribution in [-0.4, -0.2) is 31.7 Å². The first-order valence-electron chi connectivity index (χ1n) is 9.12. The lowest BCUT2D eigenvalue weighted by atomic mass is 9.76. The molecule has 0 bridgehead atoms. The summed E-state index contributed by atoms with van der Waals surface area (Å²) < 4.78 is 33.2. The highest BCUT2D eigenvalue weighted by Gasteiger charge is 2.45. The number of carbonyl (C=O) groups is 1. The Bertz CT molecular complexity index is 990. The van der Waals surface area contributed by atoms with Gasteiger partial charge in [-0.1, -0.05) is 43.7 Å². The van der Waals surface area contributed by atoms with Crippen LogP contribution in [0.2, 0.25) is 0 Å². The topological polar surface area (TPSA) is 63.7 Å². The van der Waals surface area contributed by atoms with E-state index in [1.165, 1.54) is 16.6 Å². The van der Waals surface area contributed by atoms with E-state index in [4.69, 9.17) is 4.74 Å². The lowest BCUT2D eigenvalue weighted by Gasteiger charge is -2.42. The summed E-state index contributed by atoms with van der Waals surface area (Å²) in [5.74, 6) is 0.646. The van der Waals surface area contributed by atoms with Crippen LogP contribution >= 0.6 is 0 Å². The molecule has 0 spiro atoms. The maximum atomic E-state index is 13.3. The Kier molecular flexibility index (Phi) is 5.35. The van der Waals surface area contributed by atoms with Crippen molar-refractivity contribution in [3.8, 4) is 5.75 Å². The molecular formula is C22H25NO4S. The highest BCUT2D eigenvalue weighted by Crippen LogP contribution is 2.37. The third kappa shape index (κ3) is 3.69. The Balaban J connectivity index is 2.02. The monoisotopic (exact) mass is 399 g/mol. The molecule has 1 atom stereocenters. The Labute approximate surface area is 166 Å². The lowest BCUT2D eigenvalue weighted by Crippen LogP contribution is -2.52. The number of allylic oxidation sites excluding steroid dienone is 1. The molecule has 0 fully saturated rings. The molecule has 0 radical (unpaired) electrons. The molecule has 0 aromatic heterocycles. The molecular weight excluding hydrogens is 374 g/mol. The third-order valence-electron chi connectivity index (χ3n) is 5.33. The van der Waals surface area contributed by atoms with Gasteiger partial charge in [0.25, 0.3) is 10.0 Å². The predicted molar refractivity (Wildman–Crippen MR) is 109 cm³/mol. The first-order valence-corrected chi connectivity index (χ1v) is 10.6. The second kappa shape index (κ2) is 7.43. The largest absolute Gasteiger partial charge is 0.497 e. The number of nitrogens with zero attached hydrogens (tertiary/aromatic N) is 1. The van der Waals surface area contributed by atoms with Gasteiger partial charge in [0.1, 0.15) is 5.75 Å². The van der Waals surface area contributed by atoms with Crippen molar-refractivity contribution in [1.29, 1.82) is 0 Å². The Hall–Kier alpha value is -2.60. The Morgan fingerprint density at radius 3 is 2.21 bits per heavy atom. The standard InChI is InChI=1S/C22H25NO4S/c1-16-5-11-19(12-6-16)28(25,26)23-14-13-21(24)22(2,3)20(23)15-17-7-9-18(27-4)10-8-17/h5-14,20H,15H2,1-4H3. The van der Waals surface area contributed by atoms with E-state index in [1.54, 1.807) is 45.2 Å². The minimum absolute atomic E-state index is 0.0821. The van der Waals surface area contributed by atoms with Crippen LogP contribution in [0.15, 0.2) is 65.7 Å². The molecule has 1 heterocycles. The van der Waals surface area contributed by atoms with Crippen LogP contribution in [0.3, 0.4) is 0 Å². The van der Waals surface area contributed by atoms with Gasteiger partial charge in [0, 0.05) is 11.6 Å². The van der Waals surface area contributed by atoms with Gasteiger partial charge in [0.05, 0.1) is 18.0 Å². The van der Waals surface area contributed by atoms with Gasteiger partial charge in [-0.15, -0.1) is 0 Å². The third-order valence-corrected chi connectivity index (χ3v) is 7.13. The van der Waals surface area contributed by atoms with Crippen molar-refractivity contribution in [3.05, 3.63) is 71.9 Å². The average Bonchev–Trinajstić information content (AvgIpc) is 2.66. The molecule has 2 aromatic carbocycles. The number of ketones is 1. The van der Waals surface area contributed by atoms with Crippen LogP contribution in [0.4, 0.5) is 0 Å². The minimum atomic E-state index is -3.79. The molecule has 3 rings (SSSR count). The summed E-state index contributed by atoms with van der Waals surface area (Å²) in [6, 6.07) is 13.7. The zero-order valence-corrected chi connectivity index (χ0v) is 17.4. The number of carbonyl (C=O) groups excluding carboxylic acids is 1. The summed E-state index contributed by atoms with van der Waals surface area (Å²) in [5.41, 5.74) is 1.07. The van der Waals surface area contributed by atoms with Crippen LogP contribution in [0.1, 0.15) is 25.0 Å². The van der Waals surface area contributed by atoms with Gasteiger partial charge < -0.3 is 4.74 Å². The van der Waals surface area contributed by atoms with Gasteiger partial charge in [0.15, 0.2) is 5.78 Å². The van der Waals surface area contributed by atoms with Crippen LogP contribution < -0.4 is 4.74 Å². The average molecular weight is 400 g/mol. The van der Waals surface area contributed by atoms with Crippen molar-refractivity contribution < 1.29 is 17.9 Å². The van der Waals surface area contributed by atoms with Crippen molar-refractivity contribution >= 4 is 15.8 Å². The zero-order valence-electron chi connectivity index (χ0n) is 16.5. The summed E-state index contributed by atoms with van der Waals surface area (Å²) >= 11 is 0. The normalized spacial score (nSPS) is 18.9. The number of sulfonamides is 1. The quantitative estimate of drug-likeness (QED) is 0.769. The van der Waals surface area contributed by atoms with Crippen LogP contribution in [0, 0.1) is 12.3 Å². The fourth-order valence-corrected chi connectivity index (χ4v) is 4.97. The zero-order chi connectivity index (χ0) is 20.5. The minimum Gasteiger partial charge on any atom is -0.497 e. The molecule has 0 saturated heterocycles. The summed E-state index contributed by atoms with van der Waals surface area (Å²) in [4.78, 5) is 12.8. The fraction of sp³-hybridized carbons (Fsp3) is 0.318. The van der Waals surface area contributed by atoms with Crippen molar-refractivity contribution in [2.45, 2.75) is 38.1 Å². The number of aryl methyl sites for hydroxylation is 1. The summed E-state index contributed by atoms with van der Waals surface area (Å²) in [6.07, 6.45) is 3.17. The van der Waals surface area contributed by atoms with Gasteiger partial charge >= 0.3 is 0 Å². The second-order valence-electron chi connectivity index (χ2n) is 7.62. The first kappa shape index (κ1) is 20.1. The molecule has 1 unspecified atom stereocenters. The number of hydrogen-bond donors (Lipinski definition) is 0. The van der Waals surface area contributed by atoms with Gasteiger partial charge in [0.2, 0.25) is 0 Å². The van der Waals surface area contributed by atoms with Crippen LogP contribution in [-0.2, 0) is 21.2 Å². The van der Waals surface area contributed by atoms with E-state index in [0.29, 0.717) is 6.42 Å². The van der Waals surface area contributed by atoms with E-state index in [-0.39, 0.29) is 10.7 Å². The number of benzene rings is 2. The molecule has 0 aliphatic carbocycles. The SMILES string of the molecule is COc1ccc(CC2N(S(=O)(=O)c3ccc(C)cc3)C=CC(=O)C2(C)C)cc1. The molecule has 1 aliphatic rings. The molecule has 28 heavy (non-hydrogen) atoms. The number of hydrogen-bond acceptors (Lipinski definition) is 4. The molecule has 0 amide bonds. The maximum Gasteiger partial charge on any atom is 0.264 e. The Morgan fingerprint density at radius 1 is 1.04 bits per heavy atom. The maximum absolute atomic E-state index is 13.3. The van der Waals surface area contributed by atoms with Crippen molar-refractivity contribution in [2.24, 2.45) is 5.41 Å². The first-order chi connectivity index (χ1) is 13.2. The number of methoxy groups -OCH3 is 1. The molecule has 5 nitrogen and oxygen atoms in total. The van der Waals surface area contributed by atoms with Crippen LogP contribution in [0.25, 0.3) is 0 Å². The lowest BCUT2D eigenvalue weighted by molar-refractivity contribution is -0.125. The molecule has 0 saturated carbocycles. The van der Waals surface area contributed by atoms with Gasteiger partial charge in [-0.2, -0.15) is 0 Å². The molecule has 6 heteroatoms. The second-order valence-corrected chi connectivity index (χ2v) is 9.46.